The molecule has 0 bridgehead atoms. The van der Waals surface area contributed by atoms with E-state index in [-0.39, 0.29) is 18.4 Å². The van der Waals surface area contributed by atoms with Crippen molar-refractivity contribution in [3.05, 3.63) is 81.3 Å². The minimum Gasteiger partial charge on any atom is -0.381 e. The first kappa shape index (κ1) is 23.5. The van der Waals surface area contributed by atoms with E-state index in [1.54, 1.807) is 42.5 Å². The van der Waals surface area contributed by atoms with Crippen molar-refractivity contribution in [3.8, 4) is 0 Å². The number of halogens is 3. The molecule has 0 aliphatic carbocycles. The van der Waals surface area contributed by atoms with Crippen LogP contribution >= 0.6 is 34.8 Å². The zero-order chi connectivity index (χ0) is 22.6. The van der Waals surface area contributed by atoms with E-state index < -0.39 is 11.6 Å². The van der Waals surface area contributed by atoms with E-state index >= 15 is 0 Å². The summed E-state index contributed by atoms with van der Waals surface area (Å²) in [4.78, 5) is 17.0. The molecule has 0 saturated heterocycles. The second-order valence-corrected chi connectivity index (χ2v) is 9.08. The van der Waals surface area contributed by atoms with Gasteiger partial charge in [-0.05, 0) is 48.7 Å². The van der Waals surface area contributed by atoms with Gasteiger partial charge in [-0.1, -0.05) is 54.7 Å². The Hall–Kier alpha value is -2.12. The van der Waals surface area contributed by atoms with Gasteiger partial charge in [0, 0.05) is 26.2 Å². The molecule has 3 aromatic rings. The van der Waals surface area contributed by atoms with E-state index in [4.69, 9.17) is 34.8 Å². The fourth-order valence-electron chi connectivity index (χ4n) is 3.47. The topological polar surface area (TPSA) is 80.0 Å². The third kappa shape index (κ3) is 5.77. The average molecular weight is 482 g/mol. The fraction of sp³-hybridized carbons (Fsp3) is 0.318. The van der Waals surface area contributed by atoms with Crippen LogP contribution in [0.4, 0.5) is 0 Å². The molecule has 1 amide bonds. The van der Waals surface area contributed by atoms with Gasteiger partial charge in [0.15, 0.2) is 0 Å². The van der Waals surface area contributed by atoms with Gasteiger partial charge in [-0.25, -0.2) is 9.67 Å². The van der Waals surface area contributed by atoms with Crippen molar-refractivity contribution in [1.82, 2.24) is 20.1 Å². The van der Waals surface area contributed by atoms with Crippen LogP contribution in [0.15, 0.2) is 55.1 Å². The Labute approximate surface area is 196 Å². The van der Waals surface area contributed by atoms with Crippen LogP contribution in [0, 0.1) is 5.92 Å². The number of rotatable bonds is 8. The quantitative estimate of drug-likeness (QED) is 0.476. The molecule has 1 heterocycles. The number of nitrogens with zero attached hydrogens (tertiary/aromatic N) is 3. The SMILES string of the molecule is CC(C)CC(NC(=O)c1ccc(Cl)cc1)C(O)(Cn1cncn1)c1ccc(Cl)cc1Cl. The summed E-state index contributed by atoms with van der Waals surface area (Å²) in [6.45, 7) is 4.06. The lowest BCUT2D eigenvalue weighted by Gasteiger charge is -2.38. The Morgan fingerprint density at radius 3 is 2.39 bits per heavy atom. The summed E-state index contributed by atoms with van der Waals surface area (Å²) in [5.74, 6) is -0.159. The van der Waals surface area contributed by atoms with Gasteiger partial charge in [0.25, 0.3) is 5.91 Å². The molecule has 1 aromatic heterocycles. The van der Waals surface area contributed by atoms with Crippen molar-refractivity contribution < 1.29 is 9.90 Å². The Bertz CT molecular complexity index is 1030. The summed E-state index contributed by atoms with van der Waals surface area (Å²) in [7, 11) is 0. The zero-order valence-corrected chi connectivity index (χ0v) is 19.4. The van der Waals surface area contributed by atoms with E-state index in [0.717, 1.165) is 0 Å². The highest BCUT2D eigenvalue weighted by Crippen LogP contribution is 2.36. The molecular weight excluding hydrogens is 459 g/mol. The first-order valence-corrected chi connectivity index (χ1v) is 10.9. The van der Waals surface area contributed by atoms with Crippen LogP contribution in [-0.2, 0) is 12.1 Å². The van der Waals surface area contributed by atoms with Crippen molar-refractivity contribution in [2.45, 2.75) is 38.5 Å². The van der Waals surface area contributed by atoms with Crippen LogP contribution in [0.1, 0.15) is 36.2 Å². The van der Waals surface area contributed by atoms with E-state index in [1.165, 1.54) is 17.3 Å². The van der Waals surface area contributed by atoms with Gasteiger partial charge in [-0.15, -0.1) is 0 Å². The summed E-state index contributed by atoms with van der Waals surface area (Å²) in [6.07, 6.45) is 3.37. The highest BCUT2D eigenvalue weighted by atomic mass is 35.5. The number of benzene rings is 2. The van der Waals surface area contributed by atoms with Crippen molar-refractivity contribution in [1.29, 1.82) is 0 Å². The summed E-state index contributed by atoms with van der Waals surface area (Å²) in [5, 5.41) is 20.4. The van der Waals surface area contributed by atoms with Crippen LogP contribution < -0.4 is 5.32 Å². The molecule has 0 spiro atoms. The molecule has 0 fully saturated rings. The van der Waals surface area contributed by atoms with Crippen molar-refractivity contribution in [2.24, 2.45) is 5.92 Å². The molecule has 2 unspecified atom stereocenters. The molecule has 0 aliphatic heterocycles. The maximum atomic E-state index is 13.0. The molecule has 2 N–H and O–H groups in total. The van der Waals surface area contributed by atoms with Crippen molar-refractivity contribution in [3.63, 3.8) is 0 Å². The minimum absolute atomic E-state index is 0.0344. The molecule has 2 atom stereocenters. The Kier molecular flexibility index (Phi) is 7.59. The van der Waals surface area contributed by atoms with Gasteiger partial charge in [-0.2, -0.15) is 5.10 Å². The summed E-state index contributed by atoms with van der Waals surface area (Å²) >= 11 is 18.5. The molecule has 0 aliphatic rings. The summed E-state index contributed by atoms with van der Waals surface area (Å²) in [5.41, 5.74) is -0.707. The summed E-state index contributed by atoms with van der Waals surface area (Å²) < 4.78 is 1.51. The fourth-order valence-corrected chi connectivity index (χ4v) is 4.17. The number of hydrogen-bond acceptors (Lipinski definition) is 4. The number of carbonyl (C=O) groups is 1. The van der Waals surface area contributed by atoms with E-state index in [0.29, 0.717) is 32.6 Å². The number of aromatic nitrogens is 3. The molecule has 3 rings (SSSR count). The van der Waals surface area contributed by atoms with Crippen LogP contribution in [0.3, 0.4) is 0 Å². The Morgan fingerprint density at radius 1 is 1.13 bits per heavy atom. The maximum Gasteiger partial charge on any atom is 0.251 e. The summed E-state index contributed by atoms with van der Waals surface area (Å²) in [6, 6.07) is 10.8. The predicted molar refractivity (Wildman–Crippen MR) is 123 cm³/mol. The zero-order valence-electron chi connectivity index (χ0n) is 17.1. The van der Waals surface area contributed by atoms with Gasteiger partial charge in [0.05, 0.1) is 12.6 Å². The van der Waals surface area contributed by atoms with Gasteiger partial charge >= 0.3 is 0 Å². The first-order valence-electron chi connectivity index (χ1n) is 9.76. The minimum atomic E-state index is -1.58. The normalized spacial score (nSPS) is 14.3. The monoisotopic (exact) mass is 480 g/mol. The van der Waals surface area contributed by atoms with E-state index in [9.17, 15) is 9.90 Å². The maximum absolute atomic E-state index is 13.0. The lowest BCUT2D eigenvalue weighted by Crippen LogP contribution is -2.53. The molecule has 2 aromatic carbocycles. The number of carbonyl (C=O) groups excluding carboxylic acids is 1. The number of nitrogens with one attached hydrogen (secondary N) is 1. The average Bonchev–Trinajstić information content (AvgIpc) is 3.20. The number of amides is 1. The van der Waals surface area contributed by atoms with Crippen molar-refractivity contribution >= 4 is 40.7 Å². The van der Waals surface area contributed by atoms with Gasteiger partial charge in [0.2, 0.25) is 0 Å². The molecule has 9 heteroatoms. The lowest BCUT2D eigenvalue weighted by atomic mass is 9.81. The van der Waals surface area contributed by atoms with Gasteiger partial charge in [-0.3, -0.25) is 4.79 Å². The standard InChI is InChI=1S/C22H23Cl3N4O2/c1-14(2)9-20(28-21(30)15-3-5-16(23)6-4-15)22(31,11-29-13-26-12-27-29)18-8-7-17(24)10-19(18)25/h3-8,10,12-14,20,31H,9,11H2,1-2H3,(H,28,30). The molecular formula is C22H23Cl3N4O2. The Morgan fingerprint density at radius 2 is 1.81 bits per heavy atom. The highest BCUT2D eigenvalue weighted by molar-refractivity contribution is 6.35. The molecule has 6 nitrogen and oxygen atoms in total. The van der Waals surface area contributed by atoms with E-state index in [1.807, 2.05) is 13.8 Å². The first-order chi connectivity index (χ1) is 14.7. The second-order valence-electron chi connectivity index (χ2n) is 7.80. The molecule has 0 radical (unpaired) electrons. The van der Waals surface area contributed by atoms with Crippen LogP contribution in [0.25, 0.3) is 0 Å². The molecule has 164 valence electrons. The number of hydrogen-bond donors (Lipinski definition) is 2. The molecule has 0 saturated carbocycles. The third-order valence-electron chi connectivity index (χ3n) is 4.96. The number of aliphatic hydroxyl groups is 1. The Balaban J connectivity index is 2.04. The largest absolute Gasteiger partial charge is 0.381 e. The van der Waals surface area contributed by atoms with Crippen LogP contribution in [0.2, 0.25) is 15.1 Å². The van der Waals surface area contributed by atoms with Gasteiger partial charge in [0.1, 0.15) is 18.3 Å². The molecule has 31 heavy (non-hydrogen) atoms. The highest BCUT2D eigenvalue weighted by Gasteiger charge is 2.42. The predicted octanol–water partition coefficient (Wildman–Crippen LogP) is 4.97. The third-order valence-corrected chi connectivity index (χ3v) is 5.76. The second kappa shape index (κ2) is 10.0. The van der Waals surface area contributed by atoms with Crippen LogP contribution in [-0.4, -0.2) is 31.8 Å². The smallest absolute Gasteiger partial charge is 0.251 e. The lowest BCUT2D eigenvalue weighted by molar-refractivity contribution is -0.0269. The van der Waals surface area contributed by atoms with Crippen molar-refractivity contribution in [2.75, 3.05) is 0 Å². The van der Waals surface area contributed by atoms with Gasteiger partial charge < -0.3 is 10.4 Å². The van der Waals surface area contributed by atoms with Crippen LogP contribution in [0.5, 0.6) is 0 Å². The van der Waals surface area contributed by atoms with E-state index in [2.05, 4.69) is 15.4 Å².